The Morgan fingerprint density at radius 1 is 1.00 bits per heavy atom. The summed E-state index contributed by atoms with van der Waals surface area (Å²) in [6, 6.07) is 0. The molecule has 9 atom stereocenters. The summed E-state index contributed by atoms with van der Waals surface area (Å²) in [5.41, 5.74) is 0.556. The average molecular weight is 346 g/mol. The Bertz CT molecular complexity index is 507. The first-order valence-corrected chi connectivity index (χ1v) is 7.75. The van der Waals surface area contributed by atoms with Crippen LogP contribution in [0.5, 0.6) is 0 Å². The molecule has 0 aromatic carbocycles. The Labute approximate surface area is 138 Å². The van der Waals surface area contributed by atoms with Crippen LogP contribution in [-0.4, -0.2) is 87.0 Å². The highest BCUT2D eigenvalue weighted by molar-refractivity contribution is 5.23. The summed E-state index contributed by atoms with van der Waals surface area (Å²) in [6.07, 6.45) is -4.15. The number of fused-ring (bicyclic) bond motifs is 1. The third kappa shape index (κ3) is 3.09. The van der Waals surface area contributed by atoms with Crippen molar-refractivity contribution in [3.05, 3.63) is 24.0 Å². The molecule has 1 saturated heterocycles. The number of rotatable bonds is 4. The number of aliphatic hydroxyl groups excluding tert-OH is 6. The van der Waals surface area contributed by atoms with Gasteiger partial charge >= 0.3 is 0 Å². The summed E-state index contributed by atoms with van der Waals surface area (Å²) in [5.74, 6) is -0.683. The lowest BCUT2D eigenvalue weighted by atomic mass is 9.85. The van der Waals surface area contributed by atoms with Crippen molar-refractivity contribution in [3.63, 3.8) is 0 Å². The molecule has 136 valence electrons. The molecule has 24 heavy (non-hydrogen) atoms. The molecule has 0 unspecified atom stereocenters. The molecule has 6 N–H and O–H groups in total. The molecule has 9 heteroatoms. The summed E-state index contributed by atoms with van der Waals surface area (Å²) in [4.78, 5) is 0. The predicted molar refractivity (Wildman–Crippen MR) is 77.0 cm³/mol. The zero-order valence-electron chi connectivity index (χ0n) is 12.8. The fraction of sp³-hybridized carbons (Fsp3) is 0.733. The van der Waals surface area contributed by atoms with Crippen LogP contribution in [0.15, 0.2) is 24.0 Å². The van der Waals surface area contributed by atoms with Crippen molar-refractivity contribution < 1.29 is 44.8 Å². The van der Waals surface area contributed by atoms with E-state index in [9.17, 15) is 30.6 Å². The molecule has 0 aromatic heterocycles. The Morgan fingerprint density at radius 2 is 1.75 bits per heavy atom. The molecule has 0 spiro atoms. The van der Waals surface area contributed by atoms with E-state index in [0.29, 0.717) is 5.57 Å². The van der Waals surface area contributed by atoms with Crippen LogP contribution in [0.3, 0.4) is 0 Å². The summed E-state index contributed by atoms with van der Waals surface area (Å²) in [6.45, 7) is -0.449. The van der Waals surface area contributed by atoms with Crippen molar-refractivity contribution in [3.8, 4) is 0 Å². The minimum atomic E-state index is -1.63. The standard InChI is InChI=1S/C15H22O9/c16-3-6-4-22-15(7-1-2-8(17)10(6)7)23-5-9-11(18)12(19)13(20)14(21)24-9/h1-2,4,7-21H,3,5H2/t7-,8-,9-,10-,11-,12+,13-,14-,15+/m1/s1. The third-order valence-electron chi connectivity index (χ3n) is 4.70. The number of ether oxygens (including phenoxy) is 3. The molecule has 9 nitrogen and oxygen atoms in total. The van der Waals surface area contributed by atoms with E-state index in [0.717, 1.165) is 0 Å². The van der Waals surface area contributed by atoms with Crippen LogP contribution >= 0.6 is 0 Å². The molecule has 1 aliphatic carbocycles. The van der Waals surface area contributed by atoms with Crippen LogP contribution in [0.1, 0.15) is 0 Å². The van der Waals surface area contributed by atoms with E-state index in [1.165, 1.54) is 6.26 Å². The van der Waals surface area contributed by atoms with Crippen molar-refractivity contribution in [2.45, 2.75) is 43.1 Å². The van der Waals surface area contributed by atoms with Gasteiger partial charge in [0.15, 0.2) is 6.29 Å². The first-order valence-electron chi connectivity index (χ1n) is 7.75. The van der Waals surface area contributed by atoms with Crippen molar-refractivity contribution in [2.75, 3.05) is 13.2 Å². The Kier molecular flexibility index (Phi) is 5.23. The van der Waals surface area contributed by atoms with E-state index in [4.69, 9.17) is 14.2 Å². The maximum Gasteiger partial charge on any atom is 0.206 e. The summed E-state index contributed by atoms with van der Waals surface area (Å²) in [7, 11) is 0. The van der Waals surface area contributed by atoms with Gasteiger partial charge in [0, 0.05) is 11.8 Å². The first kappa shape index (κ1) is 17.8. The molecule has 0 radical (unpaired) electrons. The van der Waals surface area contributed by atoms with Crippen molar-refractivity contribution in [1.29, 1.82) is 0 Å². The molecule has 0 saturated carbocycles. The smallest absolute Gasteiger partial charge is 0.206 e. The zero-order valence-corrected chi connectivity index (χ0v) is 12.8. The minimum absolute atomic E-state index is 0.206. The van der Waals surface area contributed by atoms with Gasteiger partial charge in [-0.3, -0.25) is 0 Å². The second-order valence-corrected chi connectivity index (χ2v) is 6.20. The molecular weight excluding hydrogens is 324 g/mol. The van der Waals surface area contributed by atoms with Gasteiger partial charge in [0.25, 0.3) is 0 Å². The minimum Gasteiger partial charge on any atom is -0.472 e. The fourth-order valence-electron chi connectivity index (χ4n) is 3.31. The lowest BCUT2D eigenvalue weighted by Gasteiger charge is -2.39. The summed E-state index contributed by atoms with van der Waals surface area (Å²) < 4.78 is 16.0. The third-order valence-corrected chi connectivity index (χ3v) is 4.70. The van der Waals surface area contributed by atoms with Gasteiger partial charge in [0.05, 0.1) is 25.6 Å². The van der Waals surface area contributed by atoms with E-state index in [2.05, 4.69) is 0 Å². The van der Waals surface area contributed by atoms with Gasteiger partial charge in [-0.05, 0) is 5.57 Å². The van der Waals surface area contributed by atoms with Crippen LogP contribution in [0.2, 0.25) is 0 Å². The maximum atomic E-state index is 9.99. The molecule has 2 aliphatic heterocycles. The summed E-state index contributed by atoms with van der Waals surface area (Å²) in [5, 5.41) is 57.8. The highest BCUT2D eigenvalue weighted by atomic mass is 16.7. The molecule has 3 rings (SSSR count). The Morgan fingerprint density at radius 3 is 2.46 bits per heavy atom. The number of hydrogen-bond acceptors (Lipinski definition) is 9. The van der Waals surface area contributed by atoms with E-state index in [1.807, 2.05) is 0 Å². The van der Waals surface area contributed by atoms with E-state index in [1.54, 1.807) is 12.2 Å². The molecule has 2 heterocycles. The number of aliphatic hydroxyl groups is 6. The largest absolute Gasteiger partial charge is 0.472 e. The van der Waals surface area contributed by atoms with Crippen LogP contribution in [0, 0.1) is 11.8 Å². The van der Waals surface area contributed by atoms with Crippen molar-refractivity contribution >= 4 is 0 Å². The highest BCUT2D eigenvalue weighted by Gasteiger charge is 2.45. The molecule has 0 aromatic rings. The van der Waals surface area contributed by atoms with Gasteiger partial charge in [-0.25, -0.2) is 0 Å². The van der Waals surface area contributed by atoms with E-state index in [-0.39, 0.29) is 25.0 Å². The Balaban J connectivity index is 1.63. The summed E-state index contributed by atoms with van der Waals surface area (Å²) >= 11 is 0. The number of hydrogen-bond donors (Lipinski definition) is 6. The average Bonchev–Trinajstić information content (AvgIpc) is 2.97. The van der Waals surface area contributed by atoms with Crippen molar-refractivity contribution in [2.24, 2.45) is 11.8 Å². The van der Waals surface area contributed by atoms with Gasteiger partial charge in [-0.2, -0.15) is 0 Å². The first-order chi connectivity index (χ1) is 11.4. The van der Waals surface area contributed by atoms with Crippen LogP contribution in [0.4, 0.5) is 0 Å². The molecule has 0 amide bonds. The van der Waals surface area contributed by atoms with E-state index < -0.39 is 43.1 Å². The van der Waals surface area contributed by atoms with Gasteiger partial charge in [0.1, 0.15) is 24.4 Å². The molecule has 0 bridgehead atoms. The van der Waals surface area contributed by atoms with Crippen LogP contribution in [0.25, 0.3) is 0 Å². The zero-order chi connectivity index (χ0) is 17.4. The lowest BCUT2D eigenvalue weighted by Crippen LogP contribution is -2.59. The van der Waals surface area contributed by atoms with Gasteiger partial charge in [-0.15, -0.1) is 0 Å². The van der Waals surface area contributed by atoms with Gasteiger partial charge < -0.3 is 44.8 Å². The topological polar surface area (TPSA) is 149 Å². The van der Waals surface area contributed by atoms with E-state index >= 15 is 0 Å². The molecule has 1 fully saturated rings. The predicted octanol–water partition coefficient (Wildman–Crippen LogP) is -2.80. The highest BCUT2D eigenvalue weighted by Crippen LogP contribution is 2.39. The quantitative estimate of drug-likeness (QED) is 0.297. The maximum absolute atomic E-state index is 9.99. The second kappa shape index (κ2) is 7.06. The fourth-order valence-corrected chi connectivity index (χ4v) is 3.31. The molecule has 3 aliphatic rings. The molecular formula is C15H22O9. The van der Waals surface area contributed by atoms with Crippen molar-refractivity contribution in [1.82, 2.24) is 0 Å². The monoisotopic (exact) mass is 346 g/mol. The van der Waals surface area contributed by atoms with Crippen LogP contribution < -0.4 is 0 Å². The lowest BCUT2D eigenvalue weighted by molar-refractivity contribution is -0.297. The van der Waals surface area contributed by atoms with Gasteiger partial charge in [0.2, 0.25) is 6.29 Å². The Hall–Kier alpha value is -1.04. The SMILES string of the molecule is OCC1=CO[C@@H](OC[C@H]2O[C@@H](O)[C@H](O)[C@@H](O)[C@@H]2O)[C@@H]2C=C[C@@H](O)[C@H]12. The normalized spacial score (nSPS) is 47.9. The van der Waals surface area contributed by atoms with Gasteiger partial charge in [-0.1, -0.05) is 12.2 Å². The van der Waals surface area contributed by atoms with Crippen LogP contribution in [-0.2, 0) is 14.2 Å². The second-order valence-electron chi connectivity index (χ2n) is 6.20.